The molecule has 0 spiro atoms. The first-order chi connectivity index (χ1) is 5.57. The van der Waals surface area contributed by atoms with Gasteiger partial charge in [-0.2, -0.15) is 0 Å². The summed E-state index contributed by atoms with van der Waals surface area (Å²) in [6.07, 6.45) is -8.19. The lowest BCUT2D eigenvalue weighted by Crippen LogP contribution is -2.56. The van der Waals surface area contributed by atoms with Gasteiger partial charge in [-0.3, -0.25) is 0 Å². The lowest BCUT2D eigenvalue weighted by atomic mass is 10.0. The summed E-state index contributed by atoms with van der Waals surface area (Å²) >= 11 is 0. The quantitative estimate of drug-likeness (QED) is 0.368. The van der Waals surface area contributed by atoms with Crippen molar-refractivity contribution in [2.24, 2.45) is 0 Å². The van der Waals surface area contributed by atoms with Gasteiger partial charge in [0.05, 0.1) is 6.61 Å². The molecule has 4 N–H and O–H groups in total. The third kappa shape index (κ3) is 1.57. The summed E-state index contributed by atoms with van der Waals surface area (Å²) in [5.41, 5.74) is 0. The summed E-state index contributed by atoms with van der Waals surface area (Å²) in [7, 11) is 0. The van der Waals surface area contributed by atoms with Crippen molar-refractivity contribution in [3.05, 3.63) is 0 Å². The molecule has 0 aromatic heterocycles. The Morgan fingerprint density at radius 3 is 2.25 bits per heavy atom. The Labute approximate surface area is 68.0 Å². The zero-order valence-electron chi connectivity index (χ0n) is 6.17. The fraction of sp³-hybridized carbons (Fsp3) is 1.00. The molecule has 5 atom stereocenters. The van der Waals surface area contributed by atoms with E-state index < -0.39 is 37.4 Å². The third-order valence-corrected chi connectivity index (χ3v) is 1.82. The zero-order valence-corrected chi connectivity index (χ0v) is 6.17. The summed E-state index contributed by atoms with van der Waals surface area (Å²) in [5.74, 6) is 0. The fourth-order valence-electron chi connectivity index (χ4n) is 1.06. The molecule has 1 aliphatic heterocycles. The molecule has 1 aliphatic rings. The van der Waals surface area contributed by atoms with E-state index in [1.165, 1.54) is 0 Å². The zero-order chi connectivity index (χ0) is 9.30. The lowest BCUT2D eigenvalue weighted by molar-refractivity contribution is -0.271. The van der Waals surface area contributed by atoms with Crippen LogP contribution in [0.2, 0.25) is 0 Å². The molecule has 0 saturated carbocycles. The lowest BCUT2D eigenvalue weighted by Gasteiger charge is -2.36. The summed E-state index contributed by atoms with van der Waals surface area (Å²) in [6, 6.07) is 0. The highest BCUT2D eigenvalue weighted by atomic mass is 19.1. The molecular formula is C6H11FO5. The number of hydrogen-bond acceptors (Lipinski definition) is 5. The van der Waals surface area contributed by atoms with E-state index in [9.17, 15) is 4.39 Å². The predicted octanol–water partition coefficient (Wildman–Crippen LogP) is -2.24. The molecule has 0 amide bonds. The first-order valence-electron chi connectivity index (χ1n) is 3.52. The highest BCUT2D eigenvalue weighted by Crippen LogP contribution is 2.21. The SMILES string of the molecule is OC[C@@H]1O[C@@H](O)[C@@H](F)[C@@H](O)[C@H]1O. The molecule has 0 aromatic rings. The van der Waals surface area contributed by atoms with Gasteiger partial charge in [0.15, 0.2) is 12.5 Å². The minimum atomic E-state index is -2.04. The Balaban J connectivity index is 2.63. The Morgan fingerprint density at radius 1 is 1.17 bits per heavy atom. The maximum atomic E-state index is 12.7. The van der Waals surface area contributed by atoms with E-state index in [2.05, 4.69) is 4.74 Å². The first kappa shape index (κ1) is 9.82. The largest absolute Gasteiger partial charge is 0.394 e. The maximum absolute atomic E-state index is 12.7. The Kier molecular flexibility index (Phi) is 2.97. The Morgan fingerprint density at radius 2 is 1.75 bits per heavy atom. The molecule has 1 heterocycles. The van der Waals surface area contributed by atoms with Crippen molar-refractivity contribution in [2.45, 2.75) is 30.8 Å². The van der Waals surface area contributed by atoms with Crippen LogP contribution in [0.25, 0.3) is 0 Å². The Bertz CT molecular complexity index is 150. The van der Waals surface area contributed by atoms with E-state index in [-0.39, 0.29) is 0 Å². The number of alkyl halides is 1. The molecule has 0 aromatic carbocycles. The second-order valence-electron chi connectivity index (χ2n) is 2.67. The van der Waals surface area contributed by atoms with E-state index in [1.807, 2.05) is 0 Å². The van der Waals surface area contributed by atoms with Gasteiger partial charge in [0.1, 0.15) is 18.3 Å². The molecular weight excluding hydrogens is 171 g/mol. The van der Waals surface area contributed by atoms with Gasteiger partial charge in [-0.15, -0.1) is 0 Å². The standard InChI is InChI=1S/C6H11FO5/c7-3-5(10)4(9)2(1-8)12-6(3)11/h2-6,8-11H,1H2/t2-,3-,4-,5+,6+/m0/s1. The average Bonchev–Trinajstić information content (AvgIpc) is 2.08. The number of halogens is 1. The predicted molar refractivity (Wildman–Crippen MR) is 34.9 cm³/mol. The van der Waals surface area contributed by atoms with Crippen molar-refractivity contribution in [2.75, 3.05) is 6.61 Å². The number of rotatable bonds is 1. The van der Waals surface area contributed by atoms with Gasteiger partial charge in [0.25, 0.3) is 0 Å². The molecule has 72 valence electrons. The molecule has 1 fully saturated rings. The fourth-order valence-corrected chi connectivity index (χ4v) is 1.06. The molecule has 0 radical (unpaired) electrons. The smallest absolute Gasteiger partial charge is 0.189 e. The molecule has 0 bridgehead atoms. The molecule has 5 nitrogen and oxygen atoms in total. The molecule has 1 rings (SSSR count). The minimum absolute atomic E-state index is 0.581. The second kappa shape index (κ2) is 3.63. The van der Waals surface area contributed by atoms with Gasteiger partial charge >= 0.3 is 0 Å². The van der Waals surface area contributed by atoms with Crippen molar-refractivity contribution >= 4 is 0 Å². The van der Waals surface area contributed by atoms with E-state index in [0.717, 1.165) is 0 Å². The van der Waals surface area contributed by atoms with Gasteiger partial charge in [-0.05, 0) is 0 Å². The van der Waals surface area contributed by atoms with Crippen LogP contribution in [-0.4, -0.2) is 57.8 Å². The first-order valence-corrected chi connectivity index (χ1v) is 3.52. The van der Waals surface area contributed by atoms with E-state index in [4.69, 9.17) is 20.4 Å². The van der Waals surface area contributed by atoms with Gasteiger partial charge in [-0.1, -0.05) is 0 Å². The molecule has 6 heteroatoms. The van der Waals surface area contributed by atoms with Crippen LogP contribution >= 0.6 is 0 Å². The van der Waals surface area contributed by atoms with Crippen LogP contribution < -0.4 is 0 Å². The van der Waals surface area contributed by atoms with Gasteiger partial charge < -0.3 is 25.2 Å². The summed E-state index contributed by atoms with van der Waals surface area (Å²) in [5, 5.41) is 35.3. The Hall–Kier alpha value is -0.270. The number of hydrogen-bond donors (Lipinski definition) is 4. The van der Waals surface area contributed by atoms with Crippen LogP contribution in [-0.2, 0) is 4.74 Å². The van der Waals surface area contributed by atoms with E-state index in [0.29, 0.717) is 0 Å². The summed E-state index contributed by atoms with van der Waals surface area (Å²) in [4.78, 5) is 0. The van der Waals surface area contributed by atoms with Crippen LogP contribution in [0.3, 0.4) is 0 Å². The summed E-state index contributed by atoms with van der Waals surface area (Å²) < 4.78 is 17.1. The van der Waals surface area contributed by atoms with Crippen molar-refractivity contribution < 1.29 is 29.6 Å². The molecule has 0 aliphatic carbocycles. The normalized spacial score (nSPS) is 49.2. The number of aliphatic hydroxyl groups excluding tert-OH is 4. The summed E-state index contributed by atoms with van der Waals surface area (Å²) in [6.45, 7) is -0.581. The highest BCUT2D eigenvalue weighted by Gasteiger charge is 2.43. The maximum Gasteiger partial charge on any atom is 0.189 e. The van der Waals surface area contributed by atoms with Crippen LogP contribution in [0.4, 0.5) is 4.39 Å². The number of aliphatic hydroxyl groups is 4. The van der Waals surface area contributed by atoms with Crippen LogP contribution in [0, 0.1) is 0 Å². The molecule has 12 heavy (non-hydrogen) atoms. The van der Waals surface area contributed by atoms with E-state index in [1.54, 1.807) is 0 Å². The topological polar surface area (TPSA) is 90.2 Å². The van der Waals surface area contributed by atoms with Crippen molar-refractivity contribution in [1.82, 2.24) is 0 Å². The van der Waals surface area contributed by atoms with Crippen LogP contribution in [0.5, 0.6) is 0 Å². The molecule has 0 unspecified atom stereocenters. The van der Waals surface area contributed by atoms with Gasteiger partial charge in [-0.25, -0.2) is 4.39 Å². The molecule has 1 saturated heterocycles. The van der Waals surface area contributed by atoms with Crippen LogP contribution in [0.1, 0.15) is 0 Å². The van der Waals surface area contributed by atoms with Gasteiger partial charge in [0.2, 0.25) is 0 Å². The van der Waals surface area contributed by atoms with E-state index >= 15 is 0 Å². The number of ether oxygens (including phenoxy) is 1. The average molecular weight is 182 g/mol. The monoisotopic (exact) mass is 182 g/mol. The van der Waals surface area contributed by atoms with Crippen molar-refractivity contribution in [3.63, 3.8) is 0 Å². The van der Waals surface area contributed by atoms with Crippen LogP contribution in [0.15, 0.2) is 0 Å². The van der Waals surface area contributed by atoms with Gasteiger partial charge in [0, 0.05) is 0 Å². The van der Waals surface area contributed by atoms with Crippen molar-refractivity contribution in [3.8, 4) is 0 Å². The third-order valence-electron chi connectivity index (χ3n) is 1.82. The minimum Gasteiger partial charge on any atom is -0.394 e. The second-order valence-corrected chi connectivity index (χ2v) is 2.67. The highest BCUT2D eigenvalue weighted by molar-refractivity contribution is 4.88. The van der Waals surface area contributed by atoms with Crippen molar-refractivity contribution in [1.29, 1.82) is 0 Å².